The number of hydrogen-bond acceptors (Lipinski definition) is 4. The maximum absolute atomic E-state index is 12.1. The third-order valence-corrected chi connectivity index (χ3v) is 6.58. The summed E-state index contributed by atoms with van der Waals surface area (Å²) in [6.07, 6.45) is 2.87. The minimum absolute atomic E-state index is 0.0109. The van der Waals surface area contributed by atoms with E-state index in [1.165, 1.54) is 18.2 Å². The Hall–Kier alpha value is -1.55. The summed E-state index contributed by atoms with van der Waals surface area (Å²) < 4.78 is 5.03. The molecule has 0 radical (unpaired) electrons. The Bertz CT molecular complexity index is 643. The van der Waals surface area contributed by atoms with Crippen molar-refractivity contribution in [1.82, 2.24) is 4.90 Å². The van der Waals surface area contributed by atoms with E-state index in [2.05, 4.69) is 24.9 Å². The van der Waals surface area contributed by atoms with Crippen LogP contribution in [0.4, 0.5) is 0 Å². The van der Waals surface area contributed by atoms with Gasteiger partial charge in [-0.1, -0.05) is 13.0 Å². The molecule has 3 fully saturated rings. The largest absolute Gasteiger partial charge is 0.508 e. The molecule has 4 nitrogen and oxygen atoms in total. The summed E-state index contributed by atoms with van der Waals surface area (Å²) in [5.41, 5.74) is 2.69. The lowest BCUT2D eigenvalue weighted by Gasteiger charge is -2.63. The molecule has 4 bridgehead atoms. The van der Waals surface area contributed by atoms with Gasteiger partial charge in [0, 0.05) is 12.1 Å². The van der Waals surface area contributed by atoms with E-state index < -0.39 is 0 Å². The van der Waals surface area contributed by atoms with Crippen molar-refractivity contribution in [3.8, 4) is 5.75 Å². The number of likely N-dealkylation sites (N-methyl/N-ethyl adjacent to an activating group) is 1. The number of rotatable bonds is 1. The molecule has 2 saturated heterocycles. The van der Waals surface area contributed by atoms with Crippen molar-refractivity contribution in [3.63, 3.8) is 0 Å². The van der Waals surface area contributed by atoms with E-state index in [1.54, 1.807) is 6.07 Å². The van der Waals surface area contributed by atoms with Crippen molar-refractivity contribution in [2.45, 2.75) is 43.7 Å². The molecule has 4 heteroatoms. The fraction of sp³-hybridized carbons (Fsp3) is 0.611. The number of phenols is 1. The Labute approximate surface area is 131 Å². The third kappa shape index (κ3) is 1.64. The highest BCUT2D eigenvalue weighted by molar-refractivity contribution is 5.74. The van der Waals surface area contributed by atoms with Crippen molar-refractivity contribution in [1.29, 1.82) is 0 Å². The molecule has 1 saturated carbocycles. The van der Waals surface area contributed by atoms with Crippen molar-refractivity contribution < 1.29 is 14.6 Å². The van der Waals surface area contributed by atoms with Gasteiger partial charge in [-0.25, -0.2) is 0 Å². The summed E-state index contributed by atoms with van der Waals surface area (Å²) in [5, 5.41) is 9.92. The van der Waals surface area contributed by atoms with Gasteiger partial charge in [-0.3, -0.25) is 9.69 Å². The maximum atomic E-state index is 12.1. The van der Waals surface area contributed by atoms with Crippen LogP contribution in [0.15, 0.2) is 18.2 Å². The summed E-state index contributed by atoms with van der Waals surface area (Å²) >= 11 is 0. The van der Waals surface area contributed by atoms with Crippen LogP contribution in [0.25, 0.3) is 0 Å². The van der Waals surface area contributed by atoms with Gasteiger partial charge in [-0.2, -0.15) is 0 Å². The number of phenolic OH excluding ortho intramolecular Hbond substituents is 1. The number of aromatic hydroxyl groups is 1. The molecule has 4 aliphatic rings. The van der Waals surface area contributed by atoms with Gasteiger partial charge in [0.15, 0.2) is 0 Å². The molecule has 22 heavy (non-hydrogen) atoms. The third-order valence-electron chi connectivity index (χ3n) is 6.58. The highest BCUT2D eigenvalue weighted by Gasteiger charge is 2.60. The zero-order valence-electron chi connectivity index (χ0n) is 13.4. The first-order valence-corrected chi connectivity index (χ1v) is 8.08. The second-order valence-corrected chi connectivity index (χ2v) is 7.44. The normalized spacial score (nSPS) is 39.4. The van der Waals surface area contributed by atoms with Gasteiger partial charge in [-0.05, 0) is 60.9 Å². The molecule has 2 heterocycles. The summed E-state index contributed by atoms with van der Waals surface area (Å²) in [7, 11) is 3.64. The predicted molar refractivity (Wildman–Crippen MR) is 82.7 cm³/mol. The summed E-state index contributed by atoms with van der Waals surface area (Å²) in [6.45, 7) is 2.32. The Morgan fingerprint density at radius 1 is 1.41 bits per heavy atom. The first kappa shape index (κ1) is 14.1. The summed E-state index contributed by atoms with van der Waals surface area (Å²) in [6, 6.07) is 6.53. The molecule has 1 aromatic rings. The Morgan fingerprint density at radius 2 is 2.18 bits per heavy atom. The van der Waals surface area contributed by atoms with E-state index >= 15 is 0 Å². The molecule has 0 spiro atoms. The fourth-order valence-corrected chi connectivity index (χ4v) is 5.46. The summed E-state index contributed by atoms with van der Waals surface area (Å²) in [5.74, 6) is 0.709. The molecule has 5 atom stereocenters. The first-order chi connectivity index (χ1) is 10.5. The topological polar surface area (TPSA) is 49.8 Å². The fourth-order valence-electron chi connectivity index (χ4n) is 5.46. The lowest BCUT2D eigenvalue weighted by molar-refractivity contribution is -0.161. The van der Waals surface area contributed by atoms with Gasteiger partial charge in [0.05, 0.1) is 13.0 Å². The summed E-state index contributed by atoms with van der Waals surface area (Å²) in [4.78, 5) is 14.5. The standard InChI is InChI=1S/C18H23NO3/c1-18-9-16-12(17(21)22-3)8-14(18)15(19(16)2)6-10-4-5-11(20)7-13(10)18/h4-5,7,12,14-16,20H,6,8-9H2,1-3H3/t12?,14?,15?,16?,18-/m0/s1. The monoisotopic (exact) mass is 301 g/mol. The molecule has 2 aliphatic heterocycles. The zero-order chi connectivity index (χ0) is 15.6. The SMILES string of the molecule is COC(=O)C1CC2C3Cc4ccc(O)cc4[C@]2(C)CC1N3C. The van der Waals surface area contributed by atoms with E-state index in [1.807, 2.05) is 6.07 Å². The zero-order valence-corrected chi connectivity index (χ0v) is 13.4. The van der Waals surface area contributed by atoms with E-state index in [-0.39, 0.29) is 23.3 Å². The molecule has 118 valence electrons. The maximum Gasteiger partial charge on any atom is 0.310 e. The van der Waals surface area contributed by atoms with Crippen LogP contribution >= 0.6 is 0 Å². The van der Waals surface area contributed by atoms with Gasteiger partial charge in [0.1, 0.15) is 5.75 Å². The highest BCUT2D eigenvalue weighted by atomic mass is 16.5. The van der Waals surface area contributed by atoms with Crippen molar-refractivity contribution in [2.24, 2.45) is 11.8 Å². The molecule has 1 N–H and O–H groups in total. The lowest BCUT2D eigenvalue weighted by Crippen LogP contribution is -2.68. The average molecular weight is 301 g/mol. The second-order valence-electron chi connectivity index (χ2n) is 7.44. The van der Waals surface area contributed by atoms with Crippen LogP contribution in [-0.4, -0.2) is 42.2 Å². The molecule has 0 amide bonds. The Kier molecular flexibility index (Phi) is 2.86. The van der Waals surface area contributed by atoms with Gasteiger partial charge in [0.25, 0.3) is 0 Å². The van der Waals surface area contributed by atoms with E-state index in [0.29, 0.717) is 17.7 Å². The van der Waals surface area contributed by atoms with Crippen LogP contribution in [0, 0.1) is 11.8 Å². The lowest BCUT2D eigenvalue weighted by atomic mass is 9.50. The molecule has 0 aromatic heterocycles. The minimum Gasteiger partial charge on any atom is -0.508 e. The van der Waals surface area contributed by atoms with E-state index in [4.69, 9.17) is 4.74 Å². The van der Waals surface area contributed by atoms with Crippen LogP contribution in [0.3, 0.4) is 0 Å². The van der Waals surface area contributed by atoms with E-state index in [0.717, 1.165) is 19.3 Å². The van der Waals surface area contributed by atoms with Crippen LogP contribution in [-0.2, 0) is 21.4 Å². The smallest absolute Gasteiger partial charge is 0.310 e. The number of esters is 1. The second kappa shape index (κ2) is 4.48. The number of ether oxygens (including phenoxy) is 1. The van der Waals surface area contributed by atoms with Crippen LogP contribution < -0.4 is 0 Å². The molecular formula is C18H23NO3. The number of piperidine rings is 2. The van der Waals surface area contributed by atoms with Crippen molar-refractivity contribution >= 4 is 5.97 Å². The number of hydrogen-bond donors (Lipinski definition) is 1. The number of nitrogens with zero attached hydrogens (tertiary/aromatic N) is 1. The number of carbonyl (C=O) groups excluding carboxylic acids is 1. The molecule has 1 aromatic carbocycles. The van der Waals surface area contributed by atoms with Gasteiger partial charge in [0.2, 0.25) is 0 Å². The van der Waals surface area contributed by atoms with E-state index in [9.17, 15) is 9.90 Å². The molecule has 2 aliphatic carbocycles. The van der Waals surface area contributed by atoms with Crippen molar-refractivity contribution in [3.05, 3.63) is 29.3 Å². The Morgan fingerprint density at radius 3 is 2.91 bits per heavy atom. The quantitative estimate of drug-likeness (QED) is 0.807. The van der Waals surface area contributed by atoms with Crippen molar-refractivity contribution in [2.75, 3.05) is 14.2 Å². The van der Waals surface area contributed by atoms with Crippen LogP contribution in [0.1, 0.15) is 30.9 Å². The highest BCUT2D eigenvalue weighted by Crippen LogP contribution is 2.58. The Balaban J connectivity index is 1.80. The number of fused-ring (bicyclic) bond motifs is 2. The van der Waals surface area contributed by atoms with Gasteiger partial charge in [-0.15, -0.1) is 0 Å². The minimum atomic E-state index is -0.0703. The van der Waals surface area contributed by atoms with Gasteiger partial charge < -0.3 is 9.84 Å². The predicted octanol–water partition coefficient (Wildman–Crippen LogP) is 2.09. The first-order valence-electron chi connectivity index (χ1n) is 8.08. The van der Waals surface area contributed by atoms with Crippen LogP contribution in [0.5, 0.6) is 5.75 Å². The molecule has 4 unspecified atom stereocenters. The van der Waals surface area contributed by atoms with Gasteiger partial charge >= 0.3 is 5.97 Å². The number of carbonyl (C=O) groups is 1. The number of benzene rings is 1. The average Bonchev–Trinajstić information content (AvgIpc) is 2.51. The molecule has 5 rings (SSSR count). The number of methoxy groups -OCH3 is 1. The molecular weight excluding hydrogens is 278 g/mol. The van der Waals surface area contributed by atoms with Crippen LogP contribution in [0.2, 0.25) is 0 Å².